The number of nitrogens with zero attached hydrogens (tertiary/aromatic N) is 4. The minimum Gasteiger partial charge on any atom is -0.493 e. The number of ether oxygens (including phenoxy) is 2. The van der Waals surface area contributed by atoms with Crippen molar-refractivity contribution < 1.29 is 18.5 Å². The van der Waals surface area contributed by atoms with Crippen molar-refractivity contribution in [3.8, 4) is 51.4 Å². The standard InChI is InChI=1S/C27H24N4O4/c1-18-7-3-8-19(15-18)24-28-26(34-30-24)21-10-4-11-22(16-21)27-29-25(31-35-27)20-9-5-12-23(17-20)33-14-6-13-32-2/h3-5,7-12,15-17H,6,13-14H2,1-2H3. The number of hydrogen-bond donors (Lipinski definition) is 0. The van der Waals surface area contributed by atoms with Crippen molar-refractivity contribution in [3.63, 3.8) is 0 Å². The van der Waals surface area contributed by atoms with Crippen LogP contribution >= 0.6 is 0 Å². The Bertz CT molecular complexity index is 1430. The molecule has 0 aliphatic carbocycles. The lowest BCUT2D eigenvalue weighted by Gasteiger charge is -2.06. The molecule has 2 aromatic heterocycles. The summed E-state index contributed by atoms with van der Waals surface area (Å²) in [5.74, 6) is 2.58. The Morgan fingerprint density at radius 1 is 0.686 bits per heavy atom. The van der Waals surface area contributed by atoms with Gasteiger partial charge in [0.15, 0.2) is 0 Å². The lowest BCUT2D eigenvalue weighted by Crippen LogP contribution is -2.01. The first-order valence-electron chi connectivity index (χ1n) is 11.3. The summed E-state index contributed by atoms with van der Waals surface area (Å²) in [6.07, 6.45) is 0.815. The Kier molecular flexibility index (Phi) is 6.63. The molecule has 0 radical (unpaired) electrons. The maximum atomic E-state index is 5.78. The van der Waals surface area contributed by atoms with E-state index < -0.39 is 0 Å². The molecule has 0 bridgehead atoms. The van der Waals surface area contributed by atoms with Crippen molar-refractivity contribution in [2.75, 3.05) is 20.3 Å². The molecule has 0 saturated carbocycles. The van der Waals surface area contributed by atoms with Gasteiger partial charge in [-0.25, -0.2) is 0 Å². The smallest absolute Gasteiger partial charge is 0.258 e. The summed E-state index contributed by atoms with van der Waals surface area (Å²) in [6, 6.07) is 23.2. The number of hydrogen-bond acceptors (Lipinski definition) is 8. The zero-order chi connectivity index (χ0) is 24.0. The van der Waals surface area contributed by atoms with Crippen LogP contribution in [0.15, 0.2) is 81.8 Å². The van der Waals surface area contributed by atoms with E-state index in [1.54, 1.807) is 7.11 Å². The van der Waals surface area contributed by atoms with E-state index in [9.17, 15) is 0 Å². The average molecular weight is 469 g/mol. The van der Waals surface area contributed by atoms with Gasteiger partial charge in [-0.15, -0.1) is 0 Å². The molecule has 0 aliphatic rings. The van der Waals surface area contributed by atoms with Gasteiger partial charge in [0, 0.05) is 42.4 Å². The Hall–Kier alpha value is -4.30. The zero-order valence-corrected chi connectivity index (χ0v) is 19.5. The van der Waals surface area contributed by atoms with Gasteiger partial charge in [0.05, 0.1) is 6.61 Å². The summed E-state index contributed by atoms with van der Waals surface area (Å²) in [7, 11) is 1.68. The van der Waals surface area contributed by atoms with E-state index in [1.807, 2.05) is 79.7 Å². The molecule has 0 N–H and O–H groups in total. The molecule has 0 unspecified atom stereocenters. The first kappa shape index (κ1) is 22.5. The Morgan fingerprint density at radius 2 is 1.29 bits per heavy atom. The maximum absolute atomic E-state index is 5.78. The Balaban J connectivity index is 1.35. The van der Waals surface area contributed by atoms with E-state index in [4.69, 9.17) is 18.5 Å². The summed E-state index contributed by atoms with van der Waals surface area (Å²) >= 11 is 0. The topological polar surface area (TPSA) is 96.3 Å². The highest BCUT2D eigenvalue weighted by Gasteiger charge is 2.15. The van der Waals surface area contributed by atoms with E-state index in [2.05, 4.69) is 20.3 Å². The lowest BCUT2D eigenvalue weighted by atomic mass is 10.1. The molecule has 0 fully saturated rings. The second kappa shape index (κ2) is 10.3. The van der Waals surface area contributed by atoms with Gasteiger partial charge in [-0.2, -0.15) is 9.97 Å². The van der Waals surface area contributed by atoms with Gasteiger partial charge in [0.25, 0.3) is 11.8 Å². The normalized spacial score (nSPS) is 11.0. The fraction of sp³-hybridized carbons (Fsp3) is 0.185. The molecule has 0 spiro atoms. The molecule has 0 aliphatic heterocycles. The lowest BCUT2D eigenvalue weighted by molar-refractivity contribution is 0.172. The number of methoxy groups -OCH3 is 1. The van der Waals surface area contributed by atoms with Crippen LogP contribution in [0.4, 0.5) is 0 Å². The highest BCUT2D eigenvalue weighted by Crippen LogP contribution is 2.29. The van der Waals surface area contributed by atoms with Gasteiger partial charge in [-0.3, -0.25) is 0 Å². The fourth-order valence-electron chi connectivity index (χ4n) is 3.60. The second-order valence-corrected chi connectivity index (χ2v) is 8.02. The summed E-state index contributed by atoms with van der Waals surface area (Å²) < 4.78 is 21.9. The van der Waals surface area contributed by atoms with Crippen LogP contribution in [0.25, 0.3) is 45.7 Å². The van der Waals surface area contributed by atoms with E-state index in [0.717, 1.165) is 40.0 Å². The average Bonchev–Trinajstić information content (AvgIpc) is 3.58. The molecular formula is C27H24N4O4. The number of rotatable bonds is 9. The third-order valence-electron chi connectivity index (χ3n) is 5.34. The molecule has 0 saturated heterocycles. The monoisotopic (exact) mass is 468 g/mol. The molecule has 5 rings (SSSR count). The molecule has 0 atom stereocenters. The highest BCUT2D eigenvalue weighted by atomic mass is 16.5. The van der Waals surface area contributed by atoms with Crippen molar-refractivity contribution in [3.05, 3.63) is 78.4 Å². The van der Waals surface area contributed by atoms with E-state index >= 15 is 0 Å². The van der Waals surface area contributed by atoms with Crippen LogP contribution in [0.3, 0.4) is 0 Å². The number of aryl methyl sites for hydroxylation is 1. The fourth-order valence-corrected chi connectivity index (χ4v) is 3.60. The molecule has 2 heterocycles. The van der Waals surface area contributed by atoms with Crippen LogP contribution in [-0.4, -0.2) is 40.6 Å². The van der Waals surface area contributed by atoms with Gasteiger partial charge in [0.2, 0.25) is 11.6 Å². The van der Waals surface area contributed by atoms with Crippen molar-refractivity contribution in [1.29, 1.82) is 0 Å². The van der Waals surface area contributed by atoms with Crippen LogP contribution in [-0.2, 0) is 4.74 Å². The largest absolute Gasteiger partial charge is 0.493 e. The molecule has 5 aromatic rings. The Morgan fingerprint density at radius 3 is 1.94 bits per heavy atom. The first-order valence-corrected chi connectivity index (χ1v) is 11.3. The molecular weight excluding hydrogens is 444 g/mol. The molecule has 0 amide bonds. The summed E-state index contributed by atoms with van der Waals surface area (Å²) in [5.41, 5.74) is 4.36. The quantitative estimate of drug-likeness (QED) is 0.249. The van der Waals surface area contributed by atoms with Crippen molar-refractivity contribution in [1.82, 2.24) is 20.3 Å². The highest BCUT2D eigenvalue weighted by molar-refractivity contribution is 5.67. The summed E-state index contributed by atoms with van der Waals surface area (Å²) in [4.78, 5) is 9.14. The summed E-state index contributed by atoms with van der Waals surface area (Å²) in [5, 5.41) is 8.29. The van der Waals surface area contributed by atoms with Crippen LogP contribution in [0, 0.1) is 6.92 Å². The predicted molar refractivity (Wildman–Crippen MR) is 131 cm³/mol. The van der Waals surface area contributed by atoms with Crippen LogP contribution in [0.2, 0.25) is 0 Å². The van der Waals surface area contributed by atoms with Crippen molar-refractivity contribution in [2.45, 2.75) is 13.3 Å². The third-order valence-corrected chi connectivity index (χ3v) is 5.34. The molecule has 35 heavy (non-hydrogen) atoms. The number of benzene rings is 3. The van der Waals surface area contributed by atoms with Crippen LogP contribution in [0.5, 0.6) is 5.75 Å². The minimum atomic E-state index is 0.395. The molecule has 3 aromatic carbocycles. The maximum Gasteiger partial charge on any atom is 0.258 e. The van der Waals surface area contributed by atoms with Gasteiger partial charge in [0.1, 0.15) is 5.75 Å². The predicted octanol–water partition coefficient (Wildman–Crippen LogP) is 5.84. The van der Waals surface area contributed by atoms with Gasteiger partial charge >= 0.3 is 0 Å². The van der Waals surface area contributed by atoms with Gasteiger partial charge < -0.3 is 18.5 Å². The molecule has 8 heteroatoms. The SMILES string of the molecule is COCCCOc1cccc(-c2noc(-c3cccc(-c4nc(-c5cccc(C)c5)no4)c3)n2)c1. The zero-order valence-electron chi connectivity index (χ0n) is 19.5. The van der Waals surface area contributed by atoms with Crippen molar-refractivity contribution in [2.24, 2.45) is 0 Å². The number of aromatic nitrogens is 4. The third kappa shape index (κ3) is 5.28. The van der Waals surface area contributed by atoms with E-state index in [0.29, 0.717) is 36.6 Å². The van der Waals surface area contributed by atoms with Crippen molar-refractivity contribution >= 4 is 0 Å². The van der Waals surface area contributed by atoms with Gasteiger partial charge in [-0.05, 0) is 43.3 Å². The Labute approximate surface area is 202 Å². The molecule has 8 nitrogen and oxygen atoms in total. The first-order chi connectivity index (χ1) is 17.2. The molecule has 176 valence electrons. The van der Waals surface area contributed by atoms with E-state index in [-0.39, 0.29) is 0 Å². The second-order valence-electron chi connectivity index (χ2n) is 8.02. The van der Waals surface area contributed by atoms with Crippen LogP contribution < -0.4 is 4.74 Å². The minimum absolute atomic E-state index is 0.395. The van der Waals surface area contributed by atoms with E-state index in [1.165, 1.54) is 0 Å². The van der Waals surface area contributed by atoms with Crippen LogP contribution in [0.1, 0.15) is 12.0 Å². The van der Waals surface area contributed by atoms with Gasteiger partial charge in [-0.1, -0.05) is 52.3 Å². The summed E-state index contributed by atoms with van der Waals surface area (Å²) in [6.45, 7) is 3.26.